The Balaban J connectivity index is 2.68. The molecule has 3 N–H and O–H groups in total. The molecule has 0 radical (unpaired) electrons. The second kappa shape index (κ2) is 10.3. The van der Waals surface area contributed by atoms with Crippen LogP contribution in [0.3, 0.4) is 0 Å². The number of ether oxygens (including phenoxy) is 1. The van der Waals surface area contributed by atoms with E-state index < -0.39 is 10.0 Å². The van der Waals surface area contributed by atoms with E-state index in [0.717, 1.165) is 12.1 Å². The van der Waals surface area contributed by atoms with E-state index in [9.17, 15) is 8.42 Å². The number of nitrogens with one attached hydrogen (secondary N) is 3. The van der Waals surface area contributed by atoms with Gasteiger partial charge in [0.1, 0.15) is 0 Å². The van der Waals surface area contributed by atoms with Gasteiger partial charge >= 0.3 is 0 Å². The minimum atomic E-state index is -3.52. The summed E-state index contributed by atoms with van der Waals surface area (Å²) in [7, 11) is -0.291. The molecule has 136 valence electrons. The number of nitrogens with zero attached hydrogens (tertiary/aromatic N) is 1. The van der Waals surface area contributed by atoms with Crippen molar-refractivity contribution in [2.45, 2.75) is 25.3 Å². The fourth-order valence-corrected chi connectivity index (χ4v) is 2.97. The quantitative estimate of drug-likeness (QED) is 0.348. The fraction of sp³-hybridized carbons (Fsp3) is 0.562. The molecule has 1 rings (SSSR count). The zero-order chi connectivity index (χ0) is 18.0. The molecule has 0 saturated heterocycles. The Kier molecular flexibility index (Phi) is 8.73. The highest BCUT2D eigenvalue weighted by molar-refractivity contribution is 7.89. The normalized spacial score (nSPS) is 12.5. The van der Waals surface area contributed by atoms with Gasteiger partial charge in [0.2, 0.25) is 10.0 Å². The highest BCUT2D eigenvalue weighted by Gasteiger charge is 2.13. The molecule has 0 bridgehead atoms. The van der Waals surface area contributed by atoms with Crippen LogP contribution in [0.5, 0.6) is 0 Å². The molecule has 0 heterocycles. The smallest absolute Gasteiger partial charge is 0.240 e. The second-order valence-corrected chi connectivity index (χ2v) is 7.51. The second-order valence-electron chi connectivity index (χ2n) is 5.74. The average molecular weight is 356 g/mol. The summed E-state index contributed by atoms with van der Waals surface area (Å²) in [6.07, 6.45) is 0. The van der Waals surface area contributed by atoms with Gasteiger partial charge in [-0.15, -0.1) is 0 Å². The van der Waals surface area contributed by atoms with Crippen LogP contribution >= 0.6 is 0 Å². The number of aliphatic imine (C=N–C) groups is 1. The standard InChI is InChI=1S/C16H28N4O3S/c1-13(2)11-18-16(17-3)19-12-14-6-5-7-15(10-14)24(21,22)20-8-9-23-4/h5-7,10,13,20H,8-9,11-12H2,1-4H3,(H2,17,18,19). The van der Waals surface area contributed by atoms with E-state index in [2.05, 4.69) is 34.2 Å². The average Bonchev–Trinajstić information content (AvgIpc) is 2.55. The van der Waals surface area contributed by atoms with Gasteiger partial charge in [-0.1, -0.05) is 26.0 Å². The number of rotatable bonds is 9. The highest BCUT2D eigenvalue weighted by Crippen LogP contribution is 2.11. The van der Waals surface area contributed by atoms with Crippen LogP contribution in [0.4, 0.5) is 0 Å². The maximum atomic E-state index is 12.2. The van der Waals surface area contributed by atoms with Crippen molar-refractivity contribution in [1.29, 1.82) is 0 Å². The number of benzene rings is 1. The Labute approximate surface area is 145 Å². The Morgan fingerprint density at radius 1 is 1.29 bits per heavy atom. The Morgan fingerprint density at radius 3 is 2.67 bits per heavy atom. The SMILES string of the molecule is CN=C(NCc1cccc(S(=O)(=O)NCCOC)c1)NCC(C)C. The molecule has 0 unspecified atom stereocenters. The zero-order valence-corrected chi connectivity index (χ0v) is 15.6. The van der Waals surface area contributed by atoms with E-state index in [1.165, 1.54) is 7.11 Å². The van der Waals surface area contributed by atoms with Gasteiger partial charge in [0.15, 0.2) is 5.96 Å². The predicted octanol–water partition coefficient (Wildman–Crippen LogP) is 0.932. The lowest BCUT2D eigenvalue weighted by molar-refractivity contribution is 0.204. The van der Waals surface area contributed by atoms with Gasteiger partial charge in [-0.25, -0.2) is 13.1 Å². The third-order valence-corrected chi connectivity index (χ3v) is 4.63. The maximum absolute atomic E-state index is 12.2. The van der Waals surface area contributed by atoms with Crippen LogP contribution in [-0.4, -0.2) is 48.2 Å². The van der Waals surface area contributed by atoms with Gasteiger partial charge in [-0.3, -0.25) is 4.99 Å². The number of hydrogen-bond acceptors (Lipinski definition) is 4. The predicted molar refractivity (Wildman–Crippen MR) is 96.5 cm³/mol. The van der Waals surface area contributed by atoms with Crippen molar-refractivity contribution in [3.8, 4) is 0 Å². The lowest BCUT2D eigenvalue weighted by Crippen LogP contribution is -2.38. The van der Waals surface area contributed by atoms with Gasteiger partial charge < -0.3 is 15.4 Å². The molecule has 7 nitrogen and oxygen atoms in total. The number of guanidine groups is 1. The van der Waals surface area contributed by atoms with E-state index in [4.69, 9.17) is 4.74 Å². The van der Waals surface area contributed by atoms with Crippen LogP contribution in [0.2, 0.25) is 0 Å². The van der Waals surface area contributed by atoms with Crippen molar-refractivity contribution in [3.63, 3.8) is 0 Å². The molecule has 0 fully saturated rings. The van der Waals surface area contributed by atoms with Crippen LogP contribution in [0.25, 0.3) is 0 Å². The summed E-state index contributed by atoms with van der Waals surface area (Å²) in [6.45, 7) is 6.11. The molecule has 24 heavy (non-hydrogen) atoms. The third kappa shape index (κ3) is 7.29. The first-order valence-electron chi connectivity index (χ1n) is 7.91. The molecule has 0 aliphatic rings. The van der Waals surface area contributed by atoms with Crippen LogP contribution in [0.15, 0.2) is 34.2 Å². The molecular weight excluding hydrogens is 328 g/mol. The van der Waals surface area contributed by atoms with Gasteiger partial charge in [0.05, 0.1) is 11.5 Å². The van der Waals surface area contributed by atoms with E-state index in [1.54, 1.807) is 25.2 Å². The Morgan fingerprint density at radius 2 is 2.04 bits per heavy atom. The maximum Gasteiger partial charge on any atom is 0.240 e. The minimum Gasteiger partial charge on any atom is -0.383 e. The van der Waals surface area contributed by atoms with E-state index in [-0.39, 0.29) is 11.4 Å². The van der Waals surface area contributed by atoms with Gasteiger partial charge in [0.25, 0.3) is 0 Å². The molecule has 0 saturated carbocycles. The summed E-state index contributed by atoms with van der Waals surface area (Å²) in [5, 5.41) is 6.39. The molecular formula is C16H28N4O3S. The highest BCUT2D eigenvalue weighted by atomic mass is 32.2. The molecule has 0 spiro atoms. The summed E-state index contributed by atoms with van der Waals surface area (Å²) in [4.78, 5) is 4.39. The first kappa shape index (κ1) is 20.4. The summed E-state index contributed by atoms with van der Waals surface area (Å²) in [5.74, 6) is 1.20. The summed E-state index contributed by atoms with van der Waals surface area (Å²) < 4.78 is 31.8. The lowest BCUT2D eigenvalue weighted by Gasteiger charge is -2.14. The monoisotopic (exact) mass is 356 g/mol. The summed E-state index contributed by atoms with van der Waals surface area (Å²) >= 11 is 0. The molecule has 8 heteroatoms. The third-order valence-electron chi connectivity index (χ3n) is 3.17. The zero-order valence-electron chi connectivity index (χ0n) is 14.8. The molecule has 1 aromatic carbocycles. The first-order valence-corrected chi connectivity index (χ1v) is 9.39. The Bertz CT molecular complexity index is 630. The minimum absolute atomic E-state index is 0.239. The lowest BCUT2D eigenvalue weighted by atomic mass is 10.2. The first-order chi connectivity index (χ1) is 11.4. The van der Waals surface area contributed by atoms with Crippen molar-refractivity contribution in [2.24, 2.45) is 10.9 Å². The van der Waals surface area contributed by atoms with Gasteiger partial charge in [0, 0.05) is 33.8 Å². The van der Waals surface area contributed by atoms with Gasteiger partial charge in [-0.05, 0) is 23.6 Å². The van der Waals surface area contributed by atoms with Crippen LogP contribution in [0.1, 0.15) is 19.4 Å². The molecule has 0 aliphatic carbocycles. The topological polar surface area (TPSA) is 91.8 Å². The molecule has 0 atom stereocenters. The van der Waals surface area contributed by atoms with Crippen LogP contribution in [0, 0.1) is 5.92 Å². The van der Waals surface area contributed by atoms with Gasteiger partial charge in [-0.2, -0.15) is 0 Å². The van der Waals surface area contributed by atoms with E-state index in [0.29, 0.717) is 25.0 Å². The molecule has 0 aliphatic heterocycles. The largest absolute Gasteiger partial charge is 0.383 e. The van der Waals surface area contributed by atoms with Crippen molar-refractivity contribution in [3.05, 3.63) is 29.8 Å². The number of methoxy groups -OCH3 is 1. The summed E-state index contributed by atoms with van der Waals surface area (Å²) in [6, 6.07) is 6.82. The fourth-order valence-electron chi connectivity index (χ4n) is 1.89. The number of hydrogen-bond donors (Lipinski definition) is 3. The van der Waals surface area contributed by atoms with Crippen molar-refractivity contribution >= 4 is 16.0 Å². The van der Waals surface area contributed by atoms with Crippen LogP contribution < -0.4 is 15.4 Å². The Hall–Kier alpha value is -1.64. The van der Waals surface area contributed by atoms with Crippen LogP contribution in [-0.2, 0) is 21.3 Å². The van der Waals surface area contributed by atoms with Crippen molar-refractivity contribution in [2.75, 3.05) is 33.9 Å². The van der Waals surface area contributed by atoms with Crippen molar-refractivity contribution < 1.29 is 13.2 Å². The van der Waals surface area contributed by atoms with E-state index in [1.807, 2.05) is 6.07 Å². The van der Waals surface area contributed by atoms with Crippen molar-refractivity contribution in [1.82, 2.24) is 15.4 Å². The molecule has 1 aromatic rings. The van der Waals surface area contributed by atoms with E-state index >= 15 is 0 Å². The number of sulfonamides is 1. The molecule has 0 aromatic heterocycles. The molecule has 0 amide bonds. The summed E-state index contributed by atoms with van der Waals surface area (Å²) in [5.41, 5.74) is 0.858.